The van der Waals surface area contributed by atoms with Crippen molar-refractivity contribution < 1.29 is 9.59 Å². The van der Waals surface area contributed by atoms with Gasteiger partial charge in [-0.15, -0.1) is 11.8 Å². The van der Waals surface area contributed by atoms with Gasteiger partial charge in [0.2, 0.25) is 11.8 Å². The van der Waals surface area contributed by atoms with E-state index in [0.717, 1.165) is 24.4 Å². The van der Waals surface area contributed by atoms with Crippen molar-refractivity contribution >= 4 is 40.9 Å². The molecular weight excluding hydrogens is 418 g/mol. The predicted octanol–water partition coefficient (Wildman–Crippen LogP) is 4.21. The Morgan fingerprint density at radius 2 is 1.93 bits per heavy atom. The molecule has 2 unspecified atom stereocenters. The number of carbonyl (C=O) groups is 2. The molecule has 3 rings (SSSR count). The van der Waals surface area contributed by atoms with Gasteiger partial charge in [-0.05, 0) is 43.3 Å². The summed E-state index contributed by atoms with van der Waals surface area (Å²) in [6, 6.07) is 15.9. The fourth-order valence-electron chi connectivity index (χ4n) is 3.69. The zero-order chi connectivity index (χ0) is 21.5. The normalized spacial score (nSPS) is 16.7. The third-order valence-corrected chi connectivity index (χ3v) is 6.82. The number of anilines is 1. The quantitative estimate of drug-likeness (QED) is 0.606. The van der Waals surface area contributed by atoms with Crippen LogP contribution < -0.4 is 10.6 Å². The van der Waals surface area contributed by atoms with Crippen LogP contribution in [0.15, 0.2) is 53.4 Å². The number of carbonyl (C=O) groups excluding carboxylic acids is 2. The number of hydrogen-bond acceptors (Lipinski definition) is 4. The highest BCUT2D eigenvalue weighted by atomic mass is 35.5. The van der Waals surface area contributed by atoms with Gasteiger partial charge in [0, 0.05) is 28.9 Å². The van der Waals surface area contributed by atoms with Crippen molar-refractivity contribution in [3.8, 4) is 0 Å². The fourth-order valence-corrected chi connectivity index (χ4v) is 4.95. The standard InChI is InChI=1S/C23H28ClN3O2S/c1-3-27(4-2)18(12-16-8-6-5-7-9-16)15-25-22(28)14-21-23(29)26-19-13-17(24)10-11-20(19)30-21/h5-11,13,18,21H,3-4,12,14-15H2,1-2H3,(H,25,28)(H,26,29). The molecule has 0 saturated carbocycles. The van der Waals surface area contributed by atoms with Crippen molar-refractivity contribution in [2.45, 2.75) is 42.9 Å². The van der Waals surface area contributed by atoms with Crippen molar-refractivity contribution in [2.24, 2.45) is 0 Å². The van der Waals surface area contributed by atoms with Crippen LogP contribution in [-0.2, 0) is 16.0 Å². The molecular formula is C23H28ClN3O2S. The SMILES string of the molecule is CCN(CC)C(CNC(=O)CC1Sc2ccc(Cl)cc2NC1=O)Cc1ccccc1. The Kier molecular flexibility index (Phi) is 8.19. The van der Waals surface area contributed by atoms with E-state index in [-0.39, 0.29) is 24.3 Å². The van der Waals surface area contributed by atoms with Gasteiger partial charge in [0.25, 0.3) is 0 Å². The van der Waals surface area contributed by atoms with Crippen molar-refractivity contribution in [2.75, 3.05) is 25.0 Å². The van der Waals surface area contributed by atoms with Crippen LogP contribution in [-0.4, -0.2) is 47.6 Å². The number of nitrogens with zero attached hydrogens (tertiary/aromatic N) is 1. The lowest BCUT2D eigenvalue weighted by atomic mass is 10.0. The van der Waals surface area contributed by atoms with E-state index in [1.54, 1.807) is 12.1 Å². The molecule has 1 aliphatic rings. The first-order valence-corrected chi connectivity index (χ1v) is 11.6. The topological polar surface area (TPSA) is 61.4 Å². The molecule has 2 aromatic rings. The van der Waals surface area contributed by atoms with Crippen molar-refractivity contribution in [1.82, 2.24) is 10.2 Å². The highest BCUT2D eigenvalue weighted by molar-refractivity contribution is 8.01. The summed E-state index contributed by atoms with van der Waals surface area (Å²) in [4.78, 5) is 28.3. The molecule has 0 spiro atoms. The third kappa shape index (κ3) is 6.00. The molecule has 0 aliphatic carbocycles. The summed E-state index contributed by atoms with van der Waals surface area (Å²) < 4.78 is 0. The highest BCUT2D eigenvalue weighted by Crippen LogP contribution is 2.38. The first kappa shape index (κ1) is 22.7. The number of rotatable bonds is 9. The number of thioether (sulfide) groups is 1. The molecule has 0 radical (unpaired) electrons. The van der Waals surface area contributed by atoms with Crippen molar-refractivity contribution in [1.29, 1.82) is 0 Å². The van der Waals surface area contributed by atoms with Crippen LogP contribution >= 0.6 is 23.4 Å². The average molecular weight is 446 g/mol. The molecule has 0 saturated heterocycles. The van der Waals surface area contributed by atoms with Gasteiger partial charge in [0.05, 0.1) is 10.9 Å². The predicted molar refractivity (Wildman–Crippen MR) is 124 cm³/mol. The Labute approximate surface area is 187 Å². The minimum absolute atomic E-state index is 0.106. The lowest BCUT2D eigenvalue weighted by Gasteiger charge is -2.30. The lowest BCUT2D eigenvalue weighted by Crippen LogP contribution is -2.46. The maximum atomic E-state index is 12.6. The summed E-state index contributed by atoms with van der Waals surface area (Å²) in [6.45, 7) is 6.67. The molecule has 0 fully saturated rings. The molecule has 5 nitrogen and oxygen atoms in total. The second kappa shape index (κ2) is 10.8. The van der Waals surface area contributed by atoms with E-state index in [2.05, 4.69) is 41.5 Å². The highest BCUT2D eigenvalue weighted by Gasteiger charge is 2.29. The molecule has 7 heteroatoms. The summed E-state index contributed by atoms with van der Waals surface area (Å²) in [7, 11) is 0. The van der Waals surface area contributed by atoms with Crippen LogP contribution in [0.25, 0.3) is 0 Å². The van der Waals surface area contributed by atoms with Crippen LogP contribution in [0.5, 0.6) is 0 Å². The first-order valence-electron chi connectivity index (χ1n) is 10.3. The van der Waals surface area contributed by atoms with Crippen LogP contribution in [0.3, 0.4) is 0 Å². The summed E-state index contributed by atoms with van der Waals surface area (Å²) in [5.41, 5.74) is 1.96. The van der Waals surface area contributed by atoms with Gasteiger partial charge < -0.3 is 10.6 Å². The van der Waals surface area contributed by atoms with Crippen molar-refractivity contribution in [3.05, 3.63) is 59.1 Å². The number of halogens is 1. The number of hydrogen-bond donors (Lipinski definition) is 2. The van der Waals surface area contributed by atoms with Crippen LogP contribution in [0.1, 0.15) is 25.8 Å². The van der Waals surface area contributed by atoms with Gasteiger partial charge in [-0.1, -0.05) is 55.8 Å². The van der Waals surface area contributed by atoms with Crippen LogP contribution in [0.2, 0.25) is 5.02 Å². The van der Waals surface area contributed by atoms with Crippen LogP contribution in [0.4, 0.5) is 5.69 Å². The number of amides is 2. The van der Waals surface area contributed by atoms with Gasteiger partial charge in [-0.3, -0.25) is 14.5 Å². The second-order valence-corrected chi connectivity index (χ2v) is 8.99. The monoisotopic (exact) mass is 445 g/mol. The minimum Gasteiger partial charge on any atom is -0.354 e. The largest absolute Gasteiger partial charge is 0.354 e. The molecule has 2 N–H and O–H groups in total. The summed E-state index contributed by atoms with van der Waals surface area (Å²) in [5.74, 6) is -0.264. The second-order valence-electron chi connectivity index (χ2n) is 7.31. The number of nitrogens with one attached hydrogen (secondary N) is 2. The maximum absolute atomic E-state index is 12.6. The van der Waals surface area contributed by atoms with E-state index < -0.39 is 5.25 Å². The maximum Gasteiger partial charge on any atom is 0.238 e. The van der Waals surface area contributed by atoms with Crippen LogP contribution in [0, 0.1) is 0 Å². The first-order chi connectivity index (χ1) is 14.5. The Bertz CT molecular complexity index is 874. The van der Waals surface area contributed by atoms with Gasteiger partial charge >= 0.3 is 0 Å². The number of likely N-dealkylation sites (N-methyl/N-ethyl adjacent to an activating group) is 1. The zero-order valence-corrected chi connectivity index (χ0v) is 18.9. The molecule has 1 aliphatic heterocycles. The molecule has 0 bridgehead atoms. The van der Waals surface area contributed by atoms with Gasteiger partial charge in [0.15, 0.2) is 0 Å². The Morgan fingerprint density at radius 1 is 1.20 bits per heavy atom. The molecule has 2 atom stereocenters. The van der Waals surface area contributed by atoms with Gasteiger partial charge in [-0.25, -0.2) is 0 Å². The summed E-state index contributed by atoms with van der Waals surface area (Å²) in [5, 5.41) is 6.05. The third-order valence-electron chi connectivity index (χ3n) is 5.31. The van der Waals surface area contributed by atoms with Crippen molar-refractivity contribution in [3.63, 3.8) is 0 Å². The molecule has 1 heterocycles. The molecule has 30 heavy (non-hydrogen) atoms. The number of fused-ring (bicyclic) bond motifs is 1. The molecule has 2 aromatic carbocycles. The average Bonchev–Trinajstić information content (AvgIpc) is 2.74. The minimum atomic E-state index is -0.445. The zero-order valence-electron chi connectivity index (χ0n) is 17.4. The van der Waals surface area contributed by atoms with E-state index in [1.165, 1.54) is 17.3 Å². The van der Waals surface area contributed by atoms with E-state index in [4.69, 9.17) is 11.6 Å². The molecule has 160 valence electrons. The summed E-state index contributed by atoms with van der Waals surface area (Å²) in [6.07, 6.45) is 1.02. The molecule has 0 aromatic heterocycles. The lowest BCUT2D eigenvalue weighted by molar-refractivity contribution is -0.124. The smallest absolute Gasteiger partial charge is 0.238 e. The van der Waals surface area contributed by atoms with Gasteiger partial charge in [-0.2, -0.15) is 0 Å². The fraction of sp³-hybridized carbons (Fsp3) is 0.391. The Balaban J connectivity index is 1.58. The number of benzene rings is 2. The molecule has 2 amide bonds. The van der Waals surface area contributed by atoms with E-state index in [0.29, 0.717) is 17.3 Å². The van der Waals surface area contributed by atoms with E-state index >= 15 is 0 Å². The summed E-state index contributed by atoms with van der Waals surface area (Å²) >= 11 is 7.41. The van der Waals surface area contributed by atoms with E-state index in [1.807, 2.05) is 24.3 Å². The Morgan fingerprint density at radius 3 is 2.63 bits per heavy atom. The Hall–Kier alpha value is -2.02. The van der Waals surface area contributed by atoms with Gasteiger partial charge in [0.1, 0.15) is 0 Å². The van der Waals surface area contributed by atoms with E-state index in [9.17, 15) is 9.59 Å².